The van der Waals surface area contributed by atoms with Crippen LogP contribution in [-0.2, 0) is 9.47 Å². The van der Waals surface area contributed by atoms with Gasteiger partial charge in [-0.25, -0.2) is 9.59 Å². The van der Waals surface area contributed by atoms with Gasteiger partial charge in [0, 0.05) is 32.4 Å². The van der Waals surface area contributed by atoms with Crippen molar-refractivity contribution in [3.63, 3.8) is 0 Å². The van der Waals surface area contributed by atoms with Crippen LogP contribution in [0.4, 0.5) is 10.0 Å². The van der Waals surface area contributed by atoms with Gasteiger partial charge in [0.1, 0.15) is 15.7 Å². The zero-order valence-corrected chi connectivity index (χ0v) is 31.8. The zero-order valence-electron chi connectivity index (χ0n) is 30.1. The lowest BCUT2D eigenvalue weighted by atomic mass is 10.1. The fourth-order valence-corrected chi connectivity index (χ4v) is 7.28. The largest absolute Gasteiger partial charge is 0.459 e. The number of aromatic nitrogens is 1. The van der Waals surface area contributed by atoms with Gasteiger partial charge in [-0.05, 0) is 92.5 Å². The molecule has 0 saturated carbocycles. The monoisotopic (exact) mass is 727 g/mol. The van der Waals surface area contributed by atoms with Crippen LogP contribution >= 0.6 is 22.7 Å². The predicted octanol–water partition coefficient (Wildman–Crippen LogP) is 6.42. The molecule has 3 rings (SSSR count). The van der Waals surface area contributed by atoms with Gasteiger partial charge in [0.25, 0.3) is 23.6 Å². The molecule has 13 nitrogen and oxygen atoms in total. The summed E-state index contributed by atoms with van der Waals surface area (Å²) in [6.07, 6.45) is 0.332. The predicted molar refractivity (Wildman–Crippen MR) is 194 cm³/mol. The first-order valence-corrected chi connectivity index (χ1v) is 18.1. The number of anilines is 2. The highest BCUT2D eigenvalue weighted by Crippen LogP contribution is 2.36. The maximum atomic E-state index is 13.4. The van der Waals surface area contributed by atoms with Crippen LogP contribution in [0, 0.1) is 13.8 Å². The molecule has 50 heavy (non-hydrogen) atoms. The smallest absolute Gasteiger partial charge is 0.341 e. The molecule has 0 aromatic carbocycles. The van der Waals surface area contributed by atoms with E-state index in [1.54, 1.807) is 51.3 Å². The first-order chi connectivity index (χ1) is 23.6. The summed E-state index contributed by atoms with van der Waals surface area (Å²) < 4.78 is 10.8. The molecule has 0 fully saturated rings. The fraction of sp³-hybridized carbons (Fsp3) is 0.457. The van der Waals surface area contributed by atoms with Crippen LogP contribution in [0.25, 0.3) is 0 Å². The Labute approximate surface area is 300 Å². The van der Waals surface area contributed by atoms with Crippen molar-refractivity contribution in [1.82, 2.24) is 14.8 Å². The number of hydrogen-bond acceptors (Lipinski definition) is 11. The maximum Gasteiger partial charge on any atom is 0.341 e. The summed E-state index contributed by atoms with van der Waals surface area (Å²) in [5.74, 6) is -3.18. The number of thiophene rings is 2. The lowest BCUT2D eigenvalue weighted by molar-refractivity contribution is 0.0367. The summed E-state index contributed by atoms with van der Waals surface area (Å²) in [5, 5.41) is 5.70. The van der Waals surface area contributed by atoms with Crippen LogP contribution in [0.3, 0.4) is 0 Å². The number of esters is 2. The van der Waals surface area contributed by atoms with E-state index in [0.717, 1.165) is 22.7 Å². The first kappa shape index (κ1) is 39.8. The summed E-state index contributed by atoms with van der Waals surface area (Å²) >= 11 is 1.96. The third-order valence-corrected chi connectivity index (χ3v) is 9.98. The van der Waals surface area contributed by atoms with Crippen LogP contribution < -0.4 is 10.6 Å². The lowest BCUT2D eigenvalue weighted by Gasteiger charge is -2.18. The second-order valence-electron chi connectivity index (χ2n) is 11.7. The molecular weight excluding hydrogens is 683 g/mol. The molecule has 15 heteroatoms. The SMILES string of the molecule is CCN(CC)C(=O)c1sc(NC(=O)c2ccc(C(=O)Nc3sc(C(=O)N(CC)CC)c(C)c3C(=O)OC(C)C)nc2)c(C(=O)OC(C)C)c1C. The van der Waals surface area contributed by atoms with Crippen LogP contribution in [0.15, 0.2) is 18.3 Å². The number of nitrogens with zero attached hydrogens (tertiary/aromatic N) is 3. The number of pyridine rings is 1. The second-order valence-corrected chi connectivity index (χ2v) is 13.8. The molecule has 0 bridgehead atoms. The standard InChI is InChI=1S/C35H45N5O8S2/c1-11-39(12-2)32(43)26-20(9)24(34(45)47-18(5)6)30(49-26)37-28(41)22-15-16-23(36-17-22)29(42)38-31-25(35(46)48-19(7)8)21(10)27(50-31)33(44)40(13-3)14-4/h15-19H,11-14H2,1-10H3,(H,37,41)(H,38,42). The van der Waals surface area contributed by atoms with Crippen molar-refractivity contribution in [3.8, 4) is 0 Å². The van der Waals surface area contributed by atoms with Crippen molar-refractivity contribution in [2.24, 2.45) is 0 Å². The van der Waals surface area contributed by atoms with Crippen molar-refractivity contribution < 1.29 is 38.2 Å². The average Bonchev–Trinajstić information content (AvgIpc) is 3.56. The minimum Gasteiger partial charge on any atom is -0.459 e. The molecule has 0 spiro atoms. The van der Waals surface area contributed by atoms with Crippen molar-refractivity contribution in [2.45, 2.75) is 81.4 Å². The Kier molecular flexibility index (Phi) is 13.8. The molecule has 270 valence electrons. The Morgan fingerprint density at radius 3 is 1.42 bits per heavy atom. The van der Waals surface area contributed by atoms with Crippen molar-refractivity contribution >= 4 is 68.2 Å². The van der Waals surface area contributed by atoms with Gasteiger partial charge in [-0.3, -0.25) is 24.2 Å². The molecule has 0 unspecified atom stereocenters. The molecule has 0 aliphatic carbocycles. The molecule has 2 N–H and O–H groups in total. The second kappa shape index (κ2) is 17.3. The van der Waals surface area contributed by atoms with Gasteiger partial charge in [-0.15, -0.1) is 22.7 Å². The van der Waals surface area contributed by atoms with E-state index in [1.165, 1.54) is 18.3 Å². The zero-order chi connectivity index (χ0) is 37.4. The molecule has 3 aromatic heterocycles. The van der Waals surface area contributed by atoms with Gasteiger partial charge in [0.2, 0.25) is 0 Å². The summed E-state index contributed by atoms with van der Waals surface area (Å²) in [4.78, 5) is 87.3. The Morgan fingerprint density at radius 1 is 0.680 bits per heavy atom. The molecule has 0 aliphatic rings. The van der Waals surface area contributed by atoms with E-state index in [0.29, 0.717) is 47.1 Å². The molecule has 3 aromatic rings. The molecule has 0 saturated heterocycles. The van der Waals surface area contributed by atoms with Gasteiger partial charge in [-0.1, -0.05) is 0 Å². The summed E-state index contributed by atoms with van der Waals surface area (Å²) in [6, 6.07) is 2.72. The van der Waals surface area contributed by atoms with Crippen molar-refractivity contribution in [1.29, 1.82) is 0 Å². The van der Waals surface area contributed by atoms with E-state index in [1.807, 2.05) is 27.7 Å². The van der Waals surface area contributed by atoms with E-state index >= 15 is 0 Å². The van der Waals surface area contributed by atoms with Crippen LogP contribution in [-0.4, -0.2) is 88.7 Å². The fourth-order valence-electron chi connectivity index (χ4n) is 4.96. The summed E-state index contributed by atoms with van der Waals surface area (Å²) in [6.45, 7) is 19.3. The van der Waals surface area contributed by atoms with Crippen molar-refractivity contribution in [2.75, 3.05) is 36.8 Å². The van der Waals surface area contributed by atoms with Gasteiger partial charge in [-0.2, -0.15) is 0 Å². The van der Waals surface area contributed by atoms with Gasteiger partial charge in [0.05, 0.1) is 38.7 Å². The van der Waals surface area contributed by atoms with E-state index in [2.05, 4.69) is 15.6 Å². The number of carbonyl (C=O) groups excluding carboxylic acids is 6. The first-order valence-electron chi connectivity index (χ1n) is 16.5. The number of ether oxygens (including phenoxy) is 2. The van der Waals surface area contributed by atoms with E-state index in [9.17, 15) is 28.8 Å². The van der Waals surface area contributed by atoms with Gasteiger partial charge >= 0.3 is 11.9 Å². The minimum absolute atomic E-state index is 0.0623. The molecule has 0 atom stereocenters. The quantitative estimate of drug-likeness (QED) is 0.178. The molecule has 0 radical (unpaired) electrons. The van der Waals surface area contributed by atoms with Gasteiger partial charge in [0.15, 0.2) is 0 Å². The highest BCUT2D eigenvalue weighted by Gasteiger charge is 2.31. The van der Waals surface area contributed by atoms with Crippen LogP contribution in [0.1, 0.15) is 127 Å². The van der Waals surface area contributed by atoms with Gasteiger partial charge < -0.3 is 29.9 Å². The highest BCUT2D eigenvalue weighted by atomic mass is 32.1. The Bertz CT molecular complexity index is 1630. The van der Waals surface area contributed by atoms with Crippen molar-refractivity contribution in [3.05, 3.63) is 61.6 Å². The maximum absolute atomic E-state index is 13.4. The Balaban J connectivity index is 1.91. The third-order valence-electron chi connectivity index (χ3n) is 7.59. The summed E-state index contributed by atoms with van der Waals surface area (Å²) in [5.41, 5.74) is 0.991. The van der Waals surface area contributed by atoms with E-state index in [4.69, 9.17) is 9.47 Å². The number of amides is 4. The molecular formula is C35H45N5O8S2. The number of rotatable bonds is 14. The number of hydrogen-bond donors (Lipinski definition) is 2. The number of carbonyl (C=O) groups is 6. The molecule has 4 amide bonds. The van der Waals surface area contributed by atoms with Crippen LogP contribution in [0.2, 0.25) is 0 Å². The third kappa shape index (κ3) is 8.93. The average molecular weight is 728 g/mol. The molecule has 0 aliphatic heterocycles. The molecule has 3 heterocycles. The van der Waals surface area contributed by atoms with E-state index in [-0.39, 0.29) is 44.2 Å². The van der Waals surface area contributed by atoms with Crippen LogP contribution in [0.5, 0.6) is 0 Å². The lowest BCUT2D eigenvalue weighted by Crippen LogP contribution is -2.30. The van der Waals surface area contributed by atoms with E-state index < -0.39 is 36.0 Å². The Morgan fingerprint density at radius 2 is 1.08 bits per heavy atom. The minimum atomic E-state index is -0.676. The number of nitrogens with one attached hydrogen (secondary N) is 2. The Hall–Kier alpha value is -4.63. The normalized spacial score (nSPS) is 11.0. The topological polar surface area (TPSA) is 164 Å². The summed E-state index contributed by atoms with van der Waals surface area (Å²) in [7, 11) is 0. The highest BCUT2D eigenvalue weighted by molar-refractivity contribution is 7.19.